The largest absolute Gasteiger partial charge is 0.476 e. The smallest absolute Gasteiger partial charge is 0.356 e. The Bertz CT molecular complexity index is 688. The molecule has 2 aromatic heterocycles. The molecule has 0 aliphatic carbocycles. The highest BCUT2D eigenvalue weighted by atomic mass is 35.5. The molecule has 0 spiro atoms. The van der Waals surface area contributed by atoms with Gasteiger partial charge in [0.1, 0.15) is 0 Å². The van der Waals surface area contributed by atoms with Crippen molar-refractivity contribution >= 4 is 35.1 Å². The van der Waals surface area contributed by atoms with Crippen LogP contribution in [0.2, 0.25) is 10.3 Å². The minimum Gasteiger partial charge on any atom is -0.476 e. The van der Waals surface area contributed by atoms with Crippen LogP contribution in [0.5, 0.6) is 0 Å². The summed E-state index contributed by atoms with van der Waals surface area (Å²) in [7, 11) is 0. The van der Waals surface area contributed by atoms with Crippen LogP contribution in [0.4, 0.5) is 0 Å². The number of amides is 1. The highest BCUT2D eigenvalue weighted by Gasteiger charge is 2.13. The minimum absolute atomic E-state index is 0.0484. The third kappa shape index (κ3) is 3.89. The Morgan fingerprint density at radius 3 is 2.76 bits per heavy atom. The summed E-state index contributed by atoms with van der Waals surface area (Å²) >= 11 is 11.4. The molecule has 8 nitrogen and oxygen atoms in total. The maximum atomic E-state index is 11.9. The maximum absolute atomic E-state index is 11.9. The van der Waals surface area contributed by atoms with Crippen molar-refractivity contribution in [2.75, 3.05) is 6.54 Å². The number of nitrogens with zero attached hydrogens (tertiary/aromatic N) is 4. The molecular formula is C11H9Cl2N5O3. The highest BCUT2D eigenvalue weighted by Crippen LogP contribution is 2.14. The number of aromatic nitrogens is 4. The second-order valence-electron chi connectivity index (χ2n) is 3.93. The predicted molar refractivity (Wildman–Crippen MR) is 73.6 cm³/mol. The van der Waals surface area contributed by atoms with Gasteiger partial charge in [-0.3, -0.25) is 4.79 Å². The van der Waals surface area contributed by atoms with E-state index in [9.17, 15) is 9.59 Å². The summed E-state index contributed by atoms with van der Waals surface area (Å²) in [5.41, 5.74) is 0.0583. The Labute approximate surface area is 128 Å². The molecule has 0 saturated carbocycles. The topological polar surface area (TPSA) is 110 Å². The molecule has 0 bridgehead atoms. The lowest BCUT2D eigenvalue weighted by Crippen LogP contribution is -2.27. The maximum Gasteiger partial charge on any atom is 0.356 e. The van der Waals surface area contributed by atoms with Crippen molar-refractivity contribution in [1.82, 2.24) is 25.1 Å². The van der Waals surface area contributed by atoms with E-state index in [1.807, 2.05) is 0 Å². The van der Waals surface area contributed by atoms with Crippen LogP contribution in [-0.4, -0.2) is 43.3 Å². The number of imidazole rings is 1. The molecule has 0 aliphatic heterocycles. The first kappa shape index (κ1) is 15.2. The van der Waals surface area contributed by atoms with Gasteiger partial charge in [-0.15, -0.1) is 10.2 Å². The molecular weight excluding hydrogens is 321 g/mol. The van der Waals surface area contributed by atoms with E-state index in [0.717, 1.165) is 0 Å². The van der Waals surface area contributed by atoms with Gasteiger partial charge in [0.15, 0.2) is 16.0 Å². The molecule has 0 atom stereocenters. The molecule has 21 heavy (non-hydrogen) atoms. The van der Waals surface area contributed by atoms with E-state index in [2.05, 4.69) is 20.5 Å². The Balaban J connectivity index is 1.92. The average Bonchev–Trinajstić information content (AvgIpc) is 2.90. The summed E-state index contributed by atoms with van der Waals surface area (Å²) < 4.78 is 1.54. The zero-order valence-corrected chi connectivity index (χ0v) is 12.0. The molecule has 0 aliphatic rings. The van der Waals surface area contributed by atoms with E-state index in [1.54, 1.807) is 4.57 Å². The van der Waals surface area contributed by atoms with Gasteiger partial charge in [-0.05, 0) is 6.07 Å². The number of carboxylic acids is 1. The quantitative estimate of drug-likeness (QED) is 0.850. The summed E-state index contributed by atoms with van der Waals surface area (Å²) in [5.74, 6) is -1.56. The minimum atomic E-state index is -1.11. The number of carbonyl (C=O) groups excluding carboxylic acids is 1. The van der Waals surface area contributed by atoms with Crippen LogP contribution < -0.4 is 5.32 Å². The summed E-state index contributed by atoms with van der Waals surface area (Å²) in [6.07, 6.45) is 2.74. The first-order chi connectivity index (χ1) is 9.97. The fraction of sp³-hybridized carbons (Fsp3) is 0.182. The van der Waals surface area contributed by atoms with Gasteiger partial charge in [0.25, 0.3) is 5.91 Å². The van der Waals surface area contributed by atoms with Gasteiger partial charge in [-0.1, -0.05) is 23.2 Å². The number of carboxylic acid groups (broad SMARTS) is 1. The average molecular weight is 330 g/mol. The molecule has 2 N–H and O–H groups in total. The van der Waals surface area contributed by atoms with Crippen LogP contribution in [0.1, 0.15) is 20.8 Å². The van der Waals surface area contributed by atoms with Crippen molar-refractivity contribution in [2.24, 2.45) is 0 Å². The van der Waals surface area contributed by atoms with E-state index in [-0.39, 0.29) is 28.1 Å². The lowest BCUT2D eigenvalue weighted by atomic mass is 10.3. The lowest BCUT2D eigenvalue weighted by molar-refractivity contribution is 0.0690. The van der Waals surface area contributed by atoms with Crippen molar-refractivity contribution in [3.63, 3.8) is 0 Å². The van der Waals surface area contributed by atoms with E-state index < -0.39 is 11.9 Å². The molecule has 0 aromatic carbocycles. The fourth-order valence-electron chi connectivity index (χ4n) is 1.50. The number of aromatic carboxylic acids is 1. The van der Waals surface area contributed by atoms with Gasteiger partial charge < -0.3 is 15.0 Å². The number of halogens is 2. The van der Waals surface area contributed by atoms with Crippen LogP contribution in [-0.2, 0) is 6.54 Å². The molecule has 10 heteroatoms. The van der Waals surface area contributed by atoms with Crippen molar-refractivity contribution in [1.29, 1.82) is 0 Å². The van der Waals surface area contributed by atoms with E-state index in [0.29, 0.717) is 6.54 Å². The molecule has 2 aromatic rings. The second kappa shape index (κ2) is 6.51. The zero-order chi connectivity index (χ0) is 15.4. The summed E-state index contributed by atoms with van der Waals surface area (Å²) in [6, 6.07) is 1.31. The van der Waals surface area contributed by atoms with Crippen molar-refractivity contribution in [3.05, 3.63) is 40.2 Å². The molecule has 0 unspecified atom stereocenters. The first-order valence-corrected chi connectivity index (χ1v) is 6.45. The molecule has 0 fully saturated rings. The van der Waals surface area contributed by atoms with Crippen LogP contribution in [0.25, 0.3) is 0 Å². The van der Waals surface area contributed by atoms with E-state index in [1.165, 1.54) is 18.6 Å². The normalized spacial score (nSPS) is 10.4. The monoisotopic (exact) mass is 329 g/mol. The van der Waals surface area contributed by atoms with Gasteiger partial charge in [-0.2, -0.15) is 0 Å². The van der Waals surface area contributed by atoms with Crippen LogP contribution in [0, 0.1) is 0 Å². The lowest BCUT2D eigenvalue weighted by Gasteiger charge is -2.06. The van der Waals surface area contributed by atoms with Gasteiger partial charge >= 0.3 is 5.97 Å². The Hall–Kier alpha value is -2.19. The SMILES string of the molecule is O=C(O)c1cn(CCNC(=O)c2cc(Cl)nnc2Cl)cn1. The standard InChI is InChI=1S/C11H9Cl2N5O3/c12-8-3-6(9(13)17-16-8)10(19)14-1-2-18-4-7(11(20)21)15-5-18/h3-5H,1-2H2,(H,14,19)(H,20,21). The molecule has 0 saturated heterocycles. The molecule has 1 amide bonds. The molecule has 2 heterocycles. The first-order valence-electron chi connectivity index (χ1n) is 5.69. The molecule has 110 valence electrons. The number of rotatable bonds is 5. The van der Waals surface area contributed by atoms with Crippen LogP contribution >= 0.6 is 23.2 Å². The summed E-state index contributed by atoms with van der Waals surface area (Å²) in [6.45, 7) is 0.612. The Morgan fingerprint density at radius 2 is 2.10 bits per heavy atom. The number of hydrogen-bond donors (Lipinski definition) is 2. The Kier molecular flexibility index (Phi) is 4.71. The summed E-state index contributed by atoms with van der Waals surface area (Å²) in [4.78, 5) is 26.2. The van der Waals surface area contributed by atoms with Gasteiger partial charge in [0.05, 0.1) is 11.9 Å². The van der Waals surface area contributed by atoms with Crippen molar-refractivity contribution in [3.8, 4) is 0 Å². The van der Waals surface area contributed by atoms with Crippen molar-refractivity contribution in [2.45, 2.75) is 6.54 Å². The number of carbonyl (C=O) groups is 2. The van der Waals surface area contributed by atoms with Gasteiger partial charge in [0, 0.05) is 19.3 Å². The number of nitrogens with one attached hydrogen (secondary N) is 1. The van der Waals surface area contributed by atoms with E-state index in [4.69, 9.17) is 28.3 Å². The molecule has 0 radical (unpaired) electrons. The summed E-state index contributed by atoms with van der Waals surface area (Å²) in [5, 5.41) is 18.4. The third-order valence-electron chi connectivity index (χ3n) is 2.47. The van der Waals surface area contributed by atoms with Crippen molar-refractivity contribution < 1.29 is 14.7 Å². The highest BCUT2D eigenvalue weighted by molar-refractivity contribution is 6.34. The van der Waals surface area contributed by atoms with E-state index >= 15 is 0 Å². The third-order valence-corrected chi connectivity index (χ3v) is 2.94. The fourth-order valence-corrected chi connectivity index (χ4v) is 1.82. The van der Waals surface area contributed by atoms with Crippen LogP contribution in [0.3, 0.4) is 0 Å². The van der Waals surface area contributed by atoms with Crippen LogP contribution in [0.15, 0.2) is 18.6 Å². The second-order valence-corrected chi connectivity index (χ2v) is 4.67. The Morgan fingerprint density at radius 1 is 1.33 bits per heavy atom. The number of hydrogen-bond acceptors (Lipinski definition) is 5. The molecule has 2 rings (SSSR count). The zero-order valence-electron chi connectivity index (χ0n) is 10.5. The van der Waals surface area contributed by atoms with Gasteiger partial charge in [-0.25, -0.2) is 9.78 Å². The van der Waals surface area contributed by atoms with Gasteiger partial charge in [0.2, 0.25) is 0 Å². The predicted octanol–water partition coefficient (Wildman–Crippen LogP) is 1.11.